The van der Waals surface area contributed by atoms with Crippen LogP contribution in [0.15, 0.2) is 30.3 Å². The van der Waals surface area contributed by atoms with Gasteiger partial charge < -0.3 is 14.2 Å². The molecule has 7 nitrogen and oxygen atoms in total. The smallest absolute Gasteiger partial charge is 0.410 e. The van der Waals surface area contributed by atoms with Gasteiger partial charge in [-0.1, -0.05) is 30.3 Å². The maximum Gasteiger partial charge on any atom is 0.410 e. The molecule has 1 fully saturated rings. The van der Waals surface area contributed by atoms with E-state index in [9.17, 15) is 14.4 Å². The minimum atomic E-state index is -0.497. The van der Waals surface area contributed by atoms with E-state index in [1.807, 2.05) is 30.3 Å². The van der Waals surface area contributed by atoms with Crippen LogP contribution in [-0.2, 0) is 30.4 Å². The molecule has 2 atom stereocenters. The fraction of sp³-hybridized carbons (Fsp3) is 0.526. The van der Waals surface area contributed by atoms with Crippen LogP contribution in [0.2, 0.25) is 0 Å². The summed E-state index contributed by atoms with van der Waals surface area (Å²) in [5.41, 5.74) is 0.880. The number of nitrogens with zero attached hydrogens (tertiary/aromatic N) is 1. The zero-order valence-electron chi connectivity index (χ0n) is 15.2. The molecule has 1 aromatic carbocycles. The Balaban J connectivity index is 2.05. The summed E-state index contributed by atoms with van der Waals surface area (Å²) in [7, 11) is 0. The molecule has 0 N–H and O–H groups in total. The number of esters is 2. The molecule has 0 radical (unpaired) electrons. The lowest BCUT2D eigenvalue weighted by molar-refractivity contribution is -0.145. The van der Waals surface area contributed by atoms with Crippen molar-refractivity contribution >= 4 is 18.0 Å². The first-order valence-electron chi connectivity index (χ1n) is 8.73. The minimum Gasteiger partial charge on any atom is -0.464 e. The van der Waals surface area contributed by atoms with E-state index in [4.69, 9.17) is 14.2 Å². The van der Waals surface area contributed by atoms with E-state index in [2.05, 4.69) is 0 Å². The second kappa shape index (κ2) is 9.79. The van der Waals surface area contributed by atoms with Gasteiger partial charge in [-0.3, -0.25) is 14.5 Å². The number of carbonyl (C=O) groups excluding carboxylic acids is 3. The van der Waals surface area contributed by atoms with Gasteiger partial charge in [0, 0.05) is 13.8 Å². The number of amides is 1. The number of rotatable bonds is 6. The summed E-state index contributed by atoms with van der Waals surface area (Å²) >= 11 is 0. The fourth-order valence-electron chi connectivity index (χ4n) is 3.01. The third-order valence-corrected chi connectivity index (χ3v) is 4.24. The molecule has 1 aliphatic heterocycles. The van der Waals surface area contributed by atoms with Crippen molar-refractivity contribution in [1.29, 1.82) is 0 Å². The van der Waals surface area contributed by atoms with Crippen LogP contribution in [0.25, 0.3) is 0 Å². The van der Waals surface area contributed by atoms with Crippen LogP contribution in [-0.4, -0.2) is 48.2 Å². The van der Waals surface area contributed by atoms with Crippen LogP contribution in [0.5, 0.6) is 0 Å². The quantitative estimate of drug-likeness (QED) is 0.571. The molecule has 1 aliphatic rings. The number of hydrogen-bond acceptors (Lipinski definition) is 6. The average molecular weight is 363 g/mol. The summed E-state index contributed by atoms with van der Waals surface area (Å²) in [5.74, 6) is -0.797. The van der Waals surface area contributed by atoms with Crippen LogP contribution in [0.1, 0.15) is 38.7 Å². The summed E-state index contributed by atoms with van der Waals surface area (Å²) in [6.45, 7) is 3.02. The van der Waals surface area contributed by atoms with Gasteiger partial charge >= 0.3 is 18.0 Å². The third kappa shape index (κ3) is 6.06. The predicted molar refractivity (Wildman–Crippen MR) is 93.2 cm³/mol. The van der Waals surface area contributed by atoms with Crippen molar-refractivity contribution in [1.82, 2.24) is 4.90 Å². The standard InChI is InChI=1S/C19H25NO6/c1-14(21)24-12-17-9-6-10-18(13-25-15(2)22)20(17)19(23)26-11-16-7-4-3-5-8-16/h3-5,7-8,17-18H,6,9-13H2,1-2H3/t17-,18+. The van der Waals surface area contributed by atoms with Crippen molar-refractivity contribution in [3.63, 3.8) is 0 Å². The Morgan fingerprint density at radius 2 is 1.46 bits per heavy atom. The van der Waals surface area contributed by atoms with Crippen LogP contribution in [0.4, 0.5) is 4.79 Å². The molecule has 26 heavy (non-hydrogen) atoms. The van der Waals surface area contributed by atoms with E-state index in [-0.39, 0.29) is 31.9 Å². The van der Waals surface area contributed by atoms with E-state index >= 15 is 0 Å². The Kier molecular flexibility index (Phi) is 7.44. The molecule has 0 saturated carbocycles. The Bertz CT molecular complexity index is 592. The SMILES string of the molecule is CC(=O)OC[C@H]1CCC[C@@H](COC(C)=O)N1C(=O)OCc1ccccc1. The van der Waals surface area contributed by atoms with Crippen molar-refractivity contribution in [3.05, 3.63) is 35.9 Å². The van der Waals surface area contributed by atoms with E-state index in [0.717, 1.165) is 12.0 Å². The Morgan fingerprint density at radius 3 is 1.96 bits per heavy atom. The number of piperidine rings is 1. The van der Waals surface area contributed by atoms with Gasteiger partial charge in [-0.15, -0.1) is 0 Å². The molecule has 2 rings (SSSR count). The highest BCUT2D eigenvalue weighted by Crippen LogP contribution is 2.25. The van der Waals surface area contributed by atoms with Crippen molar-refractivity contribution in [2.75, 3.05) is 13.2 Å². The van der Waals surface area contributed by atoms with E-state index in [0.29, 0.717) is 12.8 Å². The summed E-state index contributed by atoms with van der Waals surface area (Å²) < 4.78 is 15.7. The summed E-state index contributed by atoms with van der Waals surface area (Å²) in [6, 6.07) is 8.79. The van der Waals surface area contributed by atoms with E-state index < -0.39 is 18.0 Å². The second-order valence-electron chi connectivity index (χ2n) is 6.29. The van der Waals surface area contributed by atoms with Crippen molar-refractivity contribution in [2.24, 2.45) is 0 Å². The molecule has 0 spiro atoms. The number of carbonyl (C=O) groups is 3. The molecule has 1 heterocycles. The summed E-state index contributed by atoms with van der Waals surface area (Å²) in [5, 5.41) is 0. The predicted octanol–water partition coefficient (Wildman–Crippen LogP) is 2.67. The van der Waals surface area contributed by atoms with Gasteiger partial charge in [0.05, 0.1) is 12.1 Å². The highest BCUT2D eigenvalue weighted by Gasteiger charge is 2.36. The molecular formula is C19H25NO6. The van der Waals surface area contributed by atoms with Gasteiger partial charge in [-0.25, -0.2) is 4.79 Å². The van der Waals surface area contributed by atoms with E-state index in [1.54, 1.807) is 4.90 Å². The molecule has 1 aromatic rings. The number of likely N-dealkylation sites (tertiary alicyclic amines) is 1. The van der Waals surface area contributed by atoms with Crippen LogP contribution < -0.4 is 0 Å². The molecular weight excluding hydrogens is 338 g/mol. The van der Waals surface area contributed by atoms with Gasteiger partial charge in [0.1, 0.15) is 19.8 Å². The molecule has 142 valence electrons. The third-order valence-electron chi connectivity index (χ3n) is 4.24. The first-order valence-corrected chi connectivity index (χ1v) is 8.73. The Labute approximate surface area is 153 Å². The monoisotopic (exact) mass is 363 g/mol. The lowest BCUT2D eigenvalue weighted by atomic mass is 9.97. The van der Waals surface area contributed by atoms with Crippen molar-refractivity contribution in [2.45, 2.75) is 51.8 Å². The van der Waals surface area contributed by atoms with E-state index in [1.165, 1.54) is 13.8 Å². The molecule has 0 unspecified atom stereocenters. The first-order chi connectivity index (χ1) is 12.5. The highest BCUT2D eigenvalue weighted by molar-refractivity contribution is 5.69. The van der Waals surface area contributed by atoms with Gasteiger partial charge in [-0.2, -0.15) is 0 Å². The maximum atomic E-state index is 12.7. The number of hydrogen-bond donors (Lipinski definition) is 0. The lowest BCUT2D eigenvalue weighted by Gasteiger charge is -2.40. The summed E-state index contributed by atoms with van der Waals surface area (Å²) in [6.07, 6.45) is 1.75. The minimum absolute atomic E-state index is 0.104. The van der Waals surface area contributed by atoms with Gasteiger partial charge in [0.2, 0.25) is 0 Å². The highest BCUT2D eigenvalue weighted by atomic mass is 16.6. The maximum absolute atomic E-state index is 12.7. The molecule has 1 amide bonds. The lowest BCUT2D eigenvalue weighted by Crippen LogP contribution is -2.54. The Morgan fingerprint density at radius 1 is 0.923 bits per heavy atom. The van der Waals surface area contributed by atoms with Gasteiger partial charge in [-0.05, 0) is 24.8 Å². The van der Waals surface area contributed by atoms with Crippen molar-refractivity contribution < 1.29 is 28.6 Å². The van der Waals surface area contributed by atoms with Crippen LogP contribution >= 0.6 is 0 Å². The topological polar surface area (TPSA) is 82.1 Å². The second-order valence-corrected chi connectivity index (χ2v) is 6.29. The van der Waals surface area contributed by atoms with Gasteiger partial charge in [0.15, 0.2) is 0 Å². The molecule has 0 aliphatic carbocycles. The summed E-state index contributed by atoms with van der Waals surface area (Å²) in [4.78, 5) is 36.5. The Hall–Kier alpha value is -2.57. The van der Waals surface area contributed by atoms with Crippen molar-refractivity contribution in [3.8, 4) is 0 Å². The fourth-order valence-corrected chi connectivity index (χ4v) is 3.01. The number of benzene rings is 1. The van der Waals surface area contributed by atoms with Crippen LogP contribution in [0.3, 0.4) is 0 Å². The zero-order chi connectivity index (χ0) is 18.9. The average Bonchev–Trinajstić information content (AvgIpc) is 2.63. The first kappa shape index (κ1) is 19.8. The number of ether oxygens (including phenoxy) is 3. The normalized spacial score (nSPS) is 19.5. The van der Waals surface area contributed by atoms with Crippen LogP contribution in [0, 0.1) is 0 Å². The molecule has 7 heteroatoms. The van der Waals surface area contributed by atoms with Gasteiger partial charge in [0.25, 0.3) is 0 Å². The molecule has 0 bridgehead atoms. The largest absolute Gasteiger partial charge is 0.464 e. The molecule has 0 aromatic heterocycles. The zero-order valence-corrected chi connectivity index (χ0v) is 15.2. The molecule has 1 saturated heterocycles.